The molecule has 0 saturated carbocycles. The van der Waals surface area contributed by atoms with Crippen LogP contribution < -0.4 is 5.43 Å². The molecule has 0 spiro atoms. The molecule has 0 N–H and O–H groups in total. The average Bonchev–Trinajstić information content (AvgIpc) is 2.44. The molecule has 2 aliphatic carbocycles. The molecular weight excluding hydrogens is 220 g/mol. The minimum Gasteiger partial charge on any atom is -0.272 e. The first-order valence-electron chi connectivity index (χ1n) is 5.93. The molecule has 0 aliphatic heterocycles. The summed E-state index contributed by atoms with van der Waals surface area (Å²) in [4.78, 5) is 12.5. The van der Waals surface area contributed by atoms with Gasteiger partial charge in [0.15, 0.2) is 0 Å². The van der Waals surface area contributed by atoms with E-state index in [1.165, 1.54) is 0 Å². The fraction of sp³-hybridized carbons (Fsp3) is 0. The highest BCUT2D eigenvalue weighted by molar-refractivity contribution is 6.09. The van der Waals surface area contributed by atoms with Crippen LogP contribution in [0.4, 0.5) is 0 Å². The topological polar surface area (TPSA) is 17.1 Å². The number of hydrogen-bond donors (Lipinski definition) is 0. The average molecular weight is 229 g/mol. The van der Waals surface area contributed by atoms with Gasteiger partial charge in [-0.1, -0.05) is 30.3 Å². The fourth-order valence-electron chi connectivity index (χ4n) is 2.75. The third-order valence-corrected chi connectivity index (χ3v) is 3.55. The van der Waals surface area contributed by atoms with Gasteiger partial charge >= 0.3 is 0 Å². The van der Waals surface area contributed by atoms with Crippen molar-refractivity contribution in [2.24, 2.45) is 0 Å². The highest BCUT2D eigenvalue weighted by atomic mass is 16.1. The van der Waals surface area contributed by atoms with Crippen LogP contribution in [0.2, 0.25) is 0 Å². The molecule has 2 aromatic carbocycles. The normalized spacial score (nSPS) is 11.3. The fourth-order valence-corrected chi connectivity index (χ4v) is 2.75. The Hall–Kier alpha value is -2.50. The molecule has 1 nitrogen and oxygen atoms in total. The Balaban J connectivity index is 2.59. The van der Waals surface area contributed by atoms with Gasteiger partial charge in [0.25, 0.3) is 0 Å². The lowest BCUT2D eigenvalue weighted by atomic mass is 9.97. The van der Waals surface area contributed by atoms with Crippen LogP contribution in [0.1, 0.15) is 0 Å². The van der Waals surface area contributed by atoms with E-state index in [2.05, 4.69) is 24.3 Å². The summed E-state index contributed by atoms with van der Waals surface area (Å²) in [5.74, 6) is 0. The Morgan fingerprint density at radius 1 is 0.833 bits per heavy atom. The van der Waals surface area contributed by atoms with Crippen LogP contribution in [0, 0.1) is 16.5 Å². The Morgan fingerprint density at radius 3 is 2.44 bits per heavy atom. The quantitative estimate of drug-likeness (QED) is 0.423. The van der Waals surface area contributed by atoms with Gasteiger partial charge in [-0.25, -0.2) is 0 Å². The second-order valence-corrected chi connectivity index (χ2v) is 4.51. The molecule has 1 heteroatoms. The predicted octanol–water partition coefficient (Wildman–Crippen LogP) is 3.32. The Morgan fingerprint density at radius 2 is 1.61 bits per heavy atom. The van der Waals surface area contributed by atoms with Crippen LogP contribution >= 0.6 is 0 Å². The minimum atomic E-state index is 0.103. The van der Waals surface area contributed by atoms with Crippen LogP contribution in [0.15, 0.2) is 59.4 Å². The summed E-state index contributed by atoms with van der Waals surface area (Å²) in [5, 5.41) is 5.91. The summed E-state index contributed by atoms with van der Waals surface area (Å²) in [5.41, 5.74) is 0.103. The summed E-state index contributed by atoms with van der Waals surface area (Å²) in [6.07, 6.45) is 0. The molecule has 0 atom stereocenters. The maximum absolute atomic E-state index is 12.5. The van der Waals surface area contributed by atoms with Gasteiger partial charge in [0.05, 0.1) is 6.07 Å². The molecule has 0 fully saturated rings. The summed E-state index contributed by atoms with van der Waals surface area (Å²) < 4.78 is 0. The van der Waals surface area contributed by atoms with E-state index in [1.54, 1.807) is 6.07 Å². The zero-order chi connectivity index (χ0) is 12.1. The van der Waals surface area contributed by atoms with E-state index in [0.717, 1.165) is 32.0 Å². The summed E-state index contributed by atoms with van der Waals surface area (Å²) in [6.45, 7) is 0. The van der Waals surface area contributed by atoms with Gasteiger partial charge < -0.3 is 0 Å². The Bertz CT molecular complexity index is 980. The van der Waals surface area contributed by atoms with Crippen molar-refractivity contribution in [3.8, 4) is 0 Å². The van der Waals surface area contributed by atoms with Crippen LogP contribution in [-0.2, 0) is 0 Å². The highest BCUT2D eigenvalue weighted by Gasteiger charge is 2.12. The van der Waals surface area contributed by atoms with Gasteiger partial charge in [0.2, 0.25) is 5.43 Å². The van der Waals surface area contributed by atoms with Crippen molar-refractivity contribution >= 4 is 21.5 Å². The zero-order valence-corrected chi connectivity index (χ0v) is 9.60. The monoisotopic (exact) mass is 229 g/mol. The minimum absolute atomic E-state index is 0.103. The SMILES string of the molecule is O=c1c2c[c+]ccc=2c2cccc3cccc1c32. The van der Waals surface area contributed by atoms with Crippen molar-refractivity contribution in [1.82, 2.24) is 0 Å². The predicted molar refractivity (Wildman–Crippen MR) is 73.0 cm³/mol. The largest absolute Gasteiger partial charge is 0.272 e. The van der Waals surface area contributed by atoms with E-state index in [0.29, 0.717) is 0 Å². The van der Waals surface area contributed by atoms with Crippen LogP contribution in [0.25, 0.3) is 21.5 Å². The van der Waals surface area contributed by atoms with Crippen molar-refractivity contribution in [3.05, 3.63) is 81.3 Å². The van der Waals surface area contributed by atoms with E-state index in [9.17, 15) is 4.79 Å². The van der Waals surface area contributed by atoms with Crippen molar-refractivity contribution in [3.63, 3.8) is 0 Å². The number of hydrogen-bond acceptors (Lipinski definition) is 1. The van der Waals surface area contributed by atoms with Crippen LogP contribution in [-0.4, -0.2) is 0 Å². The number of rotatable bonds is 0. The van der Waals surface area contributed by atoms with Crippen molar-refractivity contribution in [2.75, 3.05) is 0 Å². The van der Waals surface area contributed by atoms with E-state index >= 15 is 0 Å². The first-order valence-corrected chi connectivity index (χ1v) is 5.93. The molecular formula is C17H9O+. The van der Waals surface area contributed by atoms with Gasteiger partial charge in [0.1, 0.15) is 22.6 Å². The Kier molecular flexibility index (Phi) is 1.72. The maximum atomic E-state index is 12.5. The van der Waals surface area contributed by atoms with E-state index < -0.39 is 0 Å². The van der Waals surface area contributed by atoms with E-state index in [-0.39, 0.29) is 5.43 Å². The Labute approximate surface area is 103 Å². The van der Waals surface area contributed by atoms with Crippen LogP contribution in [0.3, 0.4) is 0 Å². The molecule has 82 valence electrons. The number of benzene rings is 2. The summed E-state index contributed by atoms with van der Waals surface area (Å²) in [7, 11) is 0. The highest BCUT2D eigenvalue weighted by Crippen LogP contribution is 2.25. The third kappa shape index (κ3) is 1.07. The third-order valence-electron chi connectivity index (χ3n) is 3.55. The molecule has 2 aromatic rings. The van der Waals surface area contributed by atoms with Crippen LogP contribution in [0.5, 0.6) is 0 Å². The van der Waals surface area contributed by atoms with Crippen molar-refractivity contribution in [1.29, 1.82) is 0 Å². The molecule has 0 aromatic heterocycles. The van der Waals surface area contributed by atoms with Crippen molar-refractivity contribution in [2.45, 2.75) is 0 Å². The lowest BCUT2D eigenvalue weighted by molar-refractivity contribution is 1.47. The first kappa shape index (κ1) is 9.52. The van der Waals surface area contributed by atoms with E-state index in [4.69, 9.17) is 0 Å². The second kappa shape index (κ2) is 3.25. The van der Waals surface area contributed by atoms with E-state index in [1.807, 2.05) is 30.3 Å². The molecule has 0 bridgehead atoms. The molecule has 0 unspecified atom stereocenters. The molecule has 0 saturated heterocycles. The van der Waals surface area contributed by atoms with Gasteiger partial charge in [-0.15, -0.1) is 0 Å². The lowest BCUT2D eigenvalue weighted by Gasteiger charge is -2.03. The summed E-state index contributed by atoms with van der Waals surface area (Å²) in [6, 6.07) is 20.7. The smallest absolute Gasteiger partial charge is 0.249 e. The lowest BCUT2D eigenvalue weighted by Crippen LogP contribution is -2.05. The zero-order valence-electron chi connectivity index (χ0n) is 9.60. The van der Waals surface area contributed by atoms with Crippen molar-refractivity contribution < 1.29 is 0 Å². The van der Waals surface area contributed by atoms with Gasteiger partial charge in [-0.2, -0.15) is 0 Å². The molecule has 2 aliphatic rings. The molecule has 0 amide bonds. The second-order valence-electron chi connectivity index (χ2n) is 4.51. The maximum Gasteiger partial charge on any atom is 0.249 e. The molecule has 18 heavy (non-hydrogen) atoms. The summed E-state index contributed by atoms with van der Waals surface area (Å²) >= 11 is 0. The first-order chi connectivity index (χ1) is 8.86. The molecule has 4 rings (SSSR count). The van der Waals surface area contributed by atoms with Gasteiger partial charge in [-0.05, 0) is 11.5 Å². The number of fused-ring (bicyclic) bond motifs is 1. The standard InChI is InChI=1S/C17H9O/c18-17-14-8-2-1-7-12(14)13-9-3-5-11-6-4-10-15(17)16(11)13/h1,3-10H/q+1. The molecule has 0 radical (unpaired) electrons. The van der Waals surface area contributed by atoms with Gasteiger partial charge in [-0.3, -0.25) is 4.79 Å². The molecule has 0 heterocycles. The van der Waals surface area contributed by atoms with Gasteiger partial charge in [0, 0.05) is 22.2 Å².